The number of rotatable bonds is 6. The molecular weight excluding hydrogens is 214 g/mol. The predicted molar refractivity (Wildman–Crippen MR) is 66.7 cm³/mol. The van der Waals surface area contributed by atoms with Crippen LogP contribution in [-0.4, -0.2) is 22.2 Å². The summed E-state index contributed by atoms with van der Waals surface area (Å²) < 4.78 is 1.83. The van der Waals surface area contributed by atoms with Gasteiger partial charge in [0, 0.05) is 12.2 Å². The number of hydrogen-bond donors (Lipinski definition) is 1. The van der Waals surface area contributed by atoms with E-state index in [2.05, 4.69) is 30.3 Å². The van der Waals surface area contributed by atoms with Crippen LogP contribution in [0.1, 0.15) is 38.1 Å². The van der Waals surface area contributed by atoms with E-state index in [-0.39, 0.29) is 5.91 Å². The van der Waals surface area contributed by atoms with E-state index in [0.29, 0.717) is 6.54 Å². The number of carbonyl (C=O) groups is 1. The molecular formula is C13H21N3O. The average molecular weight is 235 g/mol. The van der Waals surface area contributed by atoms with Gasteiger partial charge < -0.3 is 5.32 Å². The molecule has 2 rings (SSSR count). The van der Waals surface area contributed by atoms with Crippen molar-refractivity contribution in [3.63, 3.8) is 0 Å². The zero-order valence-electron chi connectivity index (χ0n) is 10.7. The lowest BCUT2D eigenvalue weighted by molar-refractivity contribution is -0.121. The maximum atomic E-state index is 11.7. The Morgan fingerprint density at radius 1 is 1.47 bits per heavy atom. The van der Waals surface area contributed by atoms with Crippen LogP contribution < -0.4 is 5.32 Å². The highest BCUT2D eigenvalue weighted by Crippen LogP contribution is 2.27. The van der Waals surface area contributed by atoms with Gasteiger partial charge in [0.05, 0.1) is 5.69 Å². The molecule has 1 heterocycles. The summed E-state index contributed by atoms with van der Waals surface area (Å²) in [5, 5.41) is 7.41. The van der Waals surface area contributed by atoms with Crippen LogP contribution in [0.15, 0.2) is 6.07 Å². The molecule has 1 aliphatic rings. The normalized spacial score (nSPS) is 14.9. The summed E-state index contributed by atoms with van der Waals surface area (Å²) in [4.78, 5) is 11.7. The highest BCUT2D eigenvalue weighted by molar-refractivity contribution is 5.75. The summed E-state index contributed by atoms with van der Waals surface area (Å²) in [6.45, 7) is 5.37. The summed E-state index contributed by atoms with van der Waals surface area (Å²) in [7, 11) is 0. The van der Waals surface area contributed by atoms with Crippen LogP contribution in [0, 0.1) is 5.92 Å². The molecule has 1 aromatic rings. The smallest absolute Gasteiger partial charge is 0.241 e. The van der Waals surface area contributed by atoms with Crippen molar-refractivity contribution >= 4 is 5.91 Å². The third kappa shape index (κ3) is 3.32. The maximum Gasteiger partial charge on any atom is 0.241 e. The minimum absolute atomic E-state index is 0.0809. The Morgan fingerprint density at radius 3 is 2.82 bits per heavy atom. The van der Waals surface area contributed by atoms with Crippen LogP contribution in [0.5, 0.6) is 0 Å². The lowest BCUT2D eigenvalue weighted by Gasteiger charge is -2.06. The van der Waals surface area contributed by atoms with Crippen LogP contribution in [0.25, 0.3) is 0 Å². The second-order valence-corrected chi connectivity index (χ2v) is 4.74. The molecule has 1 fully saturated rings. The third-order valence-corrected chi connectivity index (χ3v) is 3.22. The maximum absolute atomic E-state index is 11.7. The summed E-state index contributed by atoms with van der Waals surface area (Å²) >= 11 is 0. The Morgan fingerprint density at radius 2 is 2.24 bits per heavy atom. The molecule has 0 unspecified atom stereocenters. The number of aryl methyl sites for hydroxylation is 2. The van der Waals surface area contributed by atoms with E-state index in [1.54, 1.807) is 0 Å². The van der Waals surface area contributed by atoms with Gasteiger partial charge in [0.25, 0.3) is 0 Å². The molecule has 1 aliphatic carbocycles. The number of amides is 1. The summed E-state index contributed by atoms with van der Waals surface area (Å²) in [6.07, 6.45) is 4.37. The number of nitrogens with one attached hydrogen (secondary N) is 1. The lowest BCUT2D eigenvalue weighted by atomic mass is 10.2. The predicted octanol–water partition coefficient (Wildman–Crippen LogP) is 1.53. The summed E-state index contributed by atoms with van der Waals surface area (Å²) in [5.41, 5.74) is 2.21. The van der Waals surface area contributed by atoms with Gasteiger partial charge in [0.15, 0.2) is 0 Å². The standard InChI is InChI=1S/C13H21N3O/c1-3-11-7-12(4-2)16(15-11)9-13(17)14-8-10-5-6-10/h7,10H,3-6,8-9H2,1-2H3,(H,14,17). The second-order valence-electron chi connectivity index (χ2n) is 4.74. The van der Waals surface area contributed by atoms with Crippen LogP contribution >= 0.6 is 0 Å². The molecule has 0 aliphatic heterocycles. The molecule has 1 N–H and O–H groups in total. The molecule has 94 valence electrons. The fourth-order valence-corrected chi connectivity index (χ4v) is 1.88. The average Bonchev–Trinajstić information content (AvgIpc) is 3.08. The Kier molecular flexibility index (Phi) is 3.82. The number of nitrogens with zero attached hydrogens (tertiary/aromatic N) is 2. The number of carbonyl (C=O) groups excluding carboxylic acids is 1. The van der Waals surface area contributed by atoms with Crippen LogP contribution in [0.2, 0.25) is 0 Å². The molecule has 1 saturated carbocycles. The van der Waals surface area contributed by atoms with Gasteiger partial charge >= 0.3 is 0 Å². The van der Waals surface area contributed by atoms with Gasteiger partial charge in [-0.15, -0.1) is 0 Å². The highest BCUT2D eigenvalue weighted by atomic mass is 16.2. The van der Waals surface area contributed by atoms with E-state index in [1.807, 2.05) is 4.68 Å². The van der Waals surface area contributed by atoms with Crippen molar-refractivity contribution in [1.82, 2.24) is 15.1 Å². The topological polar surface area (TPSA) is 46.9 Å². The molecule has 0 aromatic carbocycles. The highest BCUT2D eigenvalue weighted by Gasteiger charge is 2.21. The van der Waals surface area contributed by atoms with Crippen LogP contribution in [0.3, 0.4) is 0 Å². The summed E-state index contributed by atoms with van der Waals surface area (Å²) in [6, 6.07) is 2.09. The Hall–Kier alpha value is -1.32. The molecule has 4 heteroatoms. The molecule has 4 nitrogen and oxygen atoms in total. The van der Waals surface area contributed by atoms with Crippen molar-refractivity contribution in [3.8, 4) is 0 Å². The van der Waals surface area contributed by atoms with Crippen molar-refractivity contribution in [2.75, 3.05) is 6.54 Å². The van der Waals surface area contributed by atoms with Crippen molar-refractivity contribution in [3.05, 3.63) is 17.5 Å². The van der Waals surface area contributed by atoms with Gasteiger partial charge in [-0.3, -0.25) is 9.48 Å². The molecule has 0 saturated heterocycles. The van der Waals surface area contributed by atoms with Crippen LogP contribution in [0.4, 0.5) is 0 Å². The van der Waals surface area contributed by atoms with Crippen molar-refractivity contribution < 1.29 is 4.79 Å². The molecule has 17 heavy (non-hydrogen) atoms. The van der Waals surface area contributed by atoms with Gasteiger partial charge in [0.2, 0.25) is 5.91 Å². The zero-order chi connectivity index (χ0) is 12.3. The Bertz CT molecular complexity index is 393. The Labute approximate surface area is 102 Å². The molecule has 0 spiro atoms. The monoisotopic (exact) mass is 235 g/mol. The molecule has 0 atom stereocenters. The Balaban J connectivity index is 1.91. The number of hydrogen-bond acceptors (Lipinski definition) is 2. The lowest BCUT2D eigenvalue weighted by Crippen LogP contribution is -2.30. The first-order chi connectivity index (χ1) is 8.22. The van der Waals surface area contributed by atoms with E-state index in [0.717, 1.165) is 36.7 Å². The molecule has 0 bridgehead atoms. The van der Waals surface area contributed by atoms with E-state index in [4.69, 9.17) is 0 Å². The van der Waals surface area contributed by atoms with Crippen molar-refractivity contribution in [1.29, 1.82) is 0 Å². The van der Waals surface area contributed by atoms with Gasteiger partial charge in [-0.2, -0.15) is 5.10 Å². The van der Waals surface area contributed by atoms with E-state index in [9.17, 15) is 4.79 Å². The first-order valence-corrected chi connectivity index (χ1v) is 6.55. The van der Waals surface area contributed by atoms with E-state index >= 15 is 0 Å². The van der Waals surface area contributed by atoms with Crippen LogP contribution in [-0.2, 0) is 24.2 Å². The first kappa shape index (κ1) is 12.1. The molecule has 0 radical (unpaired) electrons. The SMILES string of the molecule is CCc1cc(CC)n(CC(=O)NCC2CC2)n1. The second kappa shape index (κ2) is 5.34. The fourth-order valence-electron chi connectivity index (χ4n) is 1.88. The largest absolute Gasteiger partial charge is 0.354 e. The van der Waals surface area contributed by atoms with Gasteiger partial charge in [-0.1, -0.05) is 13.8 Å². The first-order valence-electron chi connectivity index (χ1n) is 6.55. The fraction of sp³-hybridized carbons (Fsp3) is 0.692. The summed E-state index contributed by atoms with van der Waals surface area (Å²) in [5.74, 6) is 0.811. The van der Waals surface area contributed by atoms with Crippen molar-refractivity contribution in [2.24, 2.45) is 5.92 Å². The van der Waals surface area contributed by atoms with Gasteiger partial charge in [-0.05, 0) is 37.7 Å². The van der Waals surface area contributed by atoms with Crippen molar-refractivity contribution in [2.45, 2.75) is 46.1 Å². The van der Waals surface area contributed by atoms with E-state index in [1.165, 1.54) is 12.8 Å². The third-order valence-electron chi connectivity index (χ3n) is 3.22. The van der Waals surface area contributed by atoms with E-state index < -0.39 is 0 Å². The molecule has 1 amide bonds. The zero-order valence-corrected chi connectivity index (χ0v) is 10.7. The quantitative estimate of drug-likeness (QED) is 0.813. The minimum atomic E-state index is 0.0809. The number of aromatic nitrogens is 2. The minimum Gasteiger partial charge on any atom is -0.354 e. The van der Waals surface area contributed by atoms with Gasteiger partial charge in [0.1, 0.15) is 6.54 Å². The van der Waals surface area contributed by atoms with Gasteiger partial charge in [-0.25, -0.2) is 0 Å². The molecule has 1 aromatic heterocycles.